The molecule has 0 radical (unpaired) electrons. The molecule has 0 aliphatic carbocycles. The van der Waals surface area contributed by atoms with Gasteiger partial charge in [-0.15, -0.1) is 0 Å². The smallest absolute Gasteiger partial charge is 0.149 e. The number of Topliss-reactive ketones (excluding diaryl/α,β-unsaturated/α-hetero) is 1. The zero-order valence-electron chi connectivity index (χ0n) is 7.39. The van der Waals surface area contributed by atoms with Crippen molar-refractivity contribution < 1.29 is 4.79 Å². The minimum absolute atomic E-state index is 0.171. The first kappa shape index (κ1) is 8.72. The molecule has 2 atom stereocenters. The number of rotatable bonds is 3. The summed E-state index contributed by atoms with van der Waals surface area (Å²) in [5.41, 5.74) is 0. The molecule has 1 aliphatic rings. The van der Waals surface area contributed by atoms with Crippen molar-refractivity contribution in [3.05, 3.63) is 0 Å². The summed E-state index contributed by atoms with van der Waals surface area (Å²) in [6.45, 7) is 5.15. The van der Waals surface area contributed by atoms with Gasteiger partial charge in [0.25, 0.3) is 0 Å². The maximum Gasteiger partial charge on any atom is 0.149 e. The van der Waals surface area contributed by atoms with E-state index in [0.717, 1.165) is 18.9 Å². The number of carbonyl (C=O) groups excluding carboxylic acids is 1. The van der Waals surface area contributed by atoms with Gasteiger partial charge in [-0.05, 0) is 18.9 Å². The van der Waals surface area contributed by atoms with Crippen LogP contribution in [-0.2, 0) is 4.79 Å². The third-order valence-corrected chi connectivity index (χ3v) is 2.54. The van der Waals surface area contributed by atoms with Crippen LogP contribution in [0.1, 0.15) is 33.1 Å². The Hall–Kier alpha value is -0.370. The summed E-state index contributed by atoms with van der Waals surface area (Å²) in [7, 11) is 0. The SMILES string of the molecule is CCC(=O)[C@H]1C[C@@H](CC)CN1. The minimum atomic E-state index is 0.171. The lowest BCUT2D eigenvalue weighted by atomic mass is 10.0. The second-order valence-electron chi connectivity index (χ2n) is 3.29. The monoisotopic (exact) mass is 155 g/mol. The topological polar surface area (TPSA) is 29.1 Å². The number of hydrogen-bond acceptors (Lipinski definition) is 2. The summed E-state index contributed by atoms with van der Waals surface area (Å²) >= 11 is 0. The van der Waals surface area contributed by atoms with Gasteiger partial charge in [0.1, 0.15) is 5.78 Å². The molecule has 11 heavy (non-hydrogen) atoms. The van der Waals surface area contributed by atoms with Crippen LogP contribution < -0.4 is 5.32 Å². The van der Waals surface area contributed by atoms with Crippen LogP contribution in [0.25, 0.3) is 0 Å². The van der Waals surface area contributed by atoms with Gasteiger partial charge < -0.3 is 5.32 Å². The van der Waals surface area contributed by atoms with Gasteiger partial charge in [-0.1, -0.05) is 20.3 Å². The summed E-state index contributed by atoms with van der Waals surface area (Å²) in [4.78, 5) is 11.2. The molecule has 2 heteroatoms. The van der Waals surface area contributed by atoms with Crippen molar-refractivity contribution in [1.82, 2.24) is 5.32 Å². The number of ketones is 1. The second-order valence-corrected chi connectivity index (χ2v) is 3.29. The van der Waals surface area contributed by atoms with E-state index in [9.17, 15) is 4.79 Å². The molecule has 0 aromatic rings. The van der Waals surface area contributed by atoms with Gasteiger partial charge in [-0.25, -0.2) is 0 Å². The molecule has 1 saturated heterocycles. The second kappa shape index (κ2) is 3.86. The van der Waals surface area contributed by atoms with E-state index in [2.05, 4.69) is 12.2 Å². The molecule has 1 heterocycles. The van der Waals surface area contributed by atoms with Gasteiger partial charge >= 0.3 is 0 Å². The highest BCUT2D eigenvalue weighted by molar-refractivity contribution is 5.83. The van der Waals surface area contributed by atoms with Crippen LogP contribution in [0.2, 0.25) is 0 Å². The summed E-state index contributed by atoms with van der Waals surface area (Å²) in [5, 5.41) is 3.26. The van der Waals surface area contributed by atoms with E-state index >= 15 is 0 Å². The first-order valence-electron chi connectivity index (χ1n) is 4.54. The summed E-state index contributed by atoms with van der Waals surface area (Å²) < 4.78 is 0. The van der Waals surface area contributed by atoms with Gasteiger partial charge in [0.05, 0.1) is 6.04 Å². The van der Waals surface area contributed by atoms with Gasteiger partial charge in [0, 0.05) is 6.42 Å². The summed E-state index contributed by atoms with van der Waals surface area (Å²) in [6, 6.07) is 0.171. The van der Waals surface area contributed by atoms with Gasteiger partial charge in [0.2, 0.25) is 0 Å². The van der Waals surface area contributed by atoms with E-state index in [4.69, 9.17) is 0 Å². The van der Waals surface area contributed by atoms with Crippen molar-refractivity contribution in [2.75, 3.05) is 6.54 Å². The van der Waals surface area contributed by atoms with Crippen LogP contribution in [0.15, 0.2) is 0 Å². The van der Waals surface area contributed by atoms with Crippen LogP contribution in [-0.4, -0.2) is 18.4 Å². The minimum Gasteiger partial charge on any atom is -0.307 e. The Morgan fingerprint density at radius 2 is 2.27 bits per heavy atom. The first-order valence-corrected chi connectivity index (χ1v) is 4.54. The maximum absolute atomic E-state index is 11.2. The first-order chi connectivity index (χ1) is 5.27. The van der Waals surface area contributed by atoms with Gasteiger partial charge in [-0.3, -0.25) is 4.79 Å². The number of carbonyl (C=O) groups is 1. The van der Waals surface area contributed by atoms with Crippen LogP contribution in [0, 0.1) is 5.92 Å². The Morgan fingerprint density at radius 1 is 1.55 bits per heavy atom. The van der Waals surface area contributed by atoms with E-state index in [1.165, 1.54) is 6.42 Å². The Balaban J connectivity index is 2.35. The quantitative estimate of drug-likeness (QED) is 0.666. The van der Waals surface area contributed by atoms with Crippen molar-refractivity contribution in [2.45, 2.75) is 39.2 Å². The highest BCUT2D eigenvalue weighted by atomic mass is 16.1. The average molecular weight is 155 g/mol. The van der Waals surface area contributed by atoms with Gasteiger partial charge in [-0.2, -0.15) is 0 Å². The van der Waals surface area contributed by atoms with Crippen LogP contribution in [0.4, 0.5) is 0 Å². The highest BCUT2D eigenvalue weighted by Gasteiger charge is 2.26. The lowest BCUT2D eigenvalue weighted by molar-refractivity contribution is -0.120. The lowest BCUT2D eigenvalue weighted by Gasteiger charge is -2.06. The average Bonchev–Trinajstić information content (AvgIpc) is 2.50. The number of nitrogens with one attached hydrogen (secondary N) is 1. The predicted molar refractivity (Wildman–Crippen MR) is 45.5 cm³/mol. The molecule has 0 unspecified atom stereocenters. The molecule has 1 fully saturated rings. The molecule has 1 N–H and O–H groups in total. The normalized spacial score (nSPS) is 30.7. The molecule has 0 spiro atoms. The molecule has 0 bridgehead atoms. The lowest BCUT2D eigenvalue weighted by Crippen LogP contribution is -2.29. The molecule has 0 saturated carbocycles. The zero-order valence-corrected chi connectivity index (χ0v) is 7.39. The van der Waals surface area contributed by atoms with Gasteiger partial charge in [0.15, 0.2) is 0 Å². The number of hydrogen-bond donors (Lipinski definition) is 1. The summed E-state index contributed by atoms with van der Waals surface area (Å²) in [6.07, 6.45) is 2.93. The van der Waals surface area contributed by atoms with Crippen molar-refractivity contribution in [2.24, 2.45) is 5.92 Å². The van der Waals surface area contributed by atoms with Crippen LogP contribution >= 0.6 is 0 Å². The van der Waals surface area contributed by atoms with Crippen LogP contribution in [0.3, 0.4) is 0 Å². The van der Waals surface area contributed by atoms with E-state index in [-0.39, 0.29) is 6.04 Å². The molecule has 1 aliphatic heterocycles. The van der Waals surface area contributed by atoms with E-state index in [0.29, 0.717) is 12.2 Å². The molecular weight excluding hydrogens is 138 g/mol. The van der Waals surface area contributed by atoms with E-state index in [1.807, 2.05) is 6.92 Å². The molecular formula is C9H17NO. The van der Waals surface area contributed by atoms with E-state index < -0.39 is 0 Å². The maximum atomic E-state index is 11.2. The Bertz CT molecular complexity index is 144. The Labute approximate surface area is 68.4 Å². The predicted octanol–water partition coefficient (Wildman–Crippen LogP) is 1.35. The van der Waals surface area contributed by atoms with Crippen molar-refractivity contribution >= 4 is 5.78 Å². The van der Waals surface area contributed by atoms with Crippen molar-refractivity contribution in [3.63, 3.8) is 0 Å². The van der Waals surface area contributed by atoms with Crippen molar-refractivity contribution in [1.29, 1.82) is 0 Å². The Morgan fingerprint density at radius 3 is 2.73 bits per heavy atom. The standard InChI is InChI=1S/C9H17NO/c1-3-7-5-8(10-6-7)9(11)4-2/h7-8,10H,3-6H2,1-2H3/t7-,8-/m1/s1. The fourth-order valence-electron chi connectivity index (χ4n) is 1.61. The summed E-state index contributed by atoms with van der Waals surface area (Å²) in [5.74, 6) is 1.11. The van der Waals surface area contributed by atoms with Crippen LogP contribution in [0.5, 0.6) is 0 Å². The highest BCUT2D eigenvalue weighted by Crippen LogP contribution is 2.17. The zero-order chi connectivity index (χ0) is 8.27. The third kappa shape index (κ3) is 2.03. The molecule has 2 nitrogen and oxygen atoms in total. The van der Waals surface area contributed by atoms with Crippen molar-refractivity contribution in [3.8, 4) is 0 Å². The molecule has 0 aromatic carbocycles. The Kier molecular flexibility index (Phi) is 3.06. The molecule has 0 amide bonds. The fourth-order valence-corrected chi connectivity index (χ4v) is 1.61. The largest absolute Gasteiger partial charge is 0.307 e. The van der Waals surface area contributed by atoms with E-state index in [1.54, 1.807) is 0 Å². The third-order valence-electron chi connectivity index (χ3n) is 2.54. The molecule has 0 aromatic heterocycles. The molecule has 1 rings (SSSR count). The molecule has 64 valence electrons. The fraction of sp³-hybridized carbons (Fsp3) is 0.889.